The van der Waals surface area contributed by atoms with Crippen LogP contribution in [0.5, 0.6) is 0 Å². The highest BCUT2D eigenvalue weighted by molar-refractivity contribution is 4.98. The average Bonchev–Trinajstić information content (AvgIpc) is 3.01. The summed E-state index contributed by atoms with van der Waals surface area (Å²) in [7, 11) is 0. The van der Waals surface area contributed by atoms with Crippen LogP contribution in [0.15, 0.2) is 0 Å². The molecule has 2 saturated heterocycles. The zero-order chi connectivity index (χ0) is 23.0. The van der Waals surface area contributed by atoms with Crippen molar-refractivity contribution < 1.29 is 49.6 Å². The van der Waals surface area contributed by atoms with Gasteiger partial charge in [0.25, 0.3) is 0 Å². The van der Waals surface area contributed by atoms with Crippen LogP contribution in [0, 0.1) is 5.92 Å². The van der Waals surface area contributed by atoms with Gasteiger partial charge < -0.3 is 66.8 Å². The van der Waals surface area contributed by atoms with Crippen LogP contribution in [0.3, 0.4) is 0 Å². The molecule has 0 aromatic heterocycles. The Morgan fingerprint density at radius 1 is 0.806 bits per heavy atom. The molecule has 13 nitrogen and oxygen atoms in total. The van der Waals surface area contributed by atoms with Gasteiger partial charge >= 0.3 is 0 Å². The number of aliphatic hydroxyl groups is 6. The Labute approximate surface area is 179 Å². The van der Waals surface area contributed by atoms with Gasteiger partial charge in [0.2, 0.25) is 0 Å². The van der Waals surface area contributed by atoms with Gasteiger partial charge in [-0.2, -0.15) is 0 Å². The van der Waals surface area contributed by atoms with Crippen LogP contribution >= 0.6 is 0 Å². The lowest BCUT2D eigenvalue weighted by atomic mass is 9.80. The summed E-state index contributed by atoms with van der Waals surface area (Å²) in [6.07, 6.45) is -13.0. The van der Waals surface area contributed by atoms with E-state index in [1.165, 1.54) is 0 Å². The minimum atomic E-state index is -1.44. The summed E-state index contributed by atoms with van der Waals surface area (Å²) in [5.41, 5.74) is 17.8. The molecular weight excluding hydrogens is 418 g/mol. The van der Waals surface area contributed by atoms with E-state index in [0.717, 1.165) is 0 Å². The zero-order valence-electron chi connectivity index (χ0n) is 17.3. The number of ether oxygens (including phenoxy) is 4. The molecule has 3 fully saturated rings. The molecule has 2 aliphatic heterocycles. The van der Waals surface area contributed by atoms with Crippen LogP contribution in [0.25, 0.3) is 0 Å². The first-order valence-electron chi connectivity index (χ1n) is 10.4. The van der Waals surface area contributed by atoms with Crippen molar-refractivity contribution in [1.29, 1.82) is 0 Å². The second-order valence-electron chi connectivity index (χ2n) is 8.61. The standard InChI is InChI=1S/C18H35N3O10/c1-5-2-6(20)15(13(26)10(5)23)30-17-9(21)16(12(25)8(4-22)29-17)31-18-14(27)11(24)7(3-19)28-18/h5-18,22-27H,2-4,19-21H2,1H3/t5-,6?,7-,8?,9?,10?,11+,12-,13-,14?,15-,16-,17-,18+/m1/s1. The lowest BCUT2D eigenvalue weighted by molar-refractivity contribution is -0.317. The Bertz CT molecular complexity index is 591. The molecule has 5 unspecified atom stereocenters. The first-order chi connectivity index (χ1) is 14.6. The van der Waals surface area contributed by atoms with Crippen molar-refractivity contribution in [1.82, 2.24) is 0 Å². The van der Waals surface area contributed by atoms with Crippen LogP contribution in [0.4, 0.5) is 0 Å². The Hall–Kier alpha value is -0.520. The summed E-state index contributed by atoms with van der Waals surface area (Å²) in [4.78, 5) is 0. The second kappa shape index (κ2) is 10.2. The van der Waals surface area contributed by atoms with Crippen LogP contribution in [0.2, 0.25) is 0 Å². The van der Waals surface area contributed by atoms with Crippen molar-refractivity contribution >= 4 is 0 Å². The number of hydrogen-bond acceptors (Lipinski definition) is 13. The molecule has 0 aromatic carbocycles. The first-order valence-corrected chi connectivity index (χ1v) is 10.4. The van der Waals surface area contributed by atoms with Gasteiger partial charge in [-0.1, -0.05) is 6.92 Å². The first kappa shape index (κ1) is 25.1. The topological polar surface area (TPSA) is 236 Å². The van der Waals surface area contributed by atoms with Gasteiger partial charge in [-0.3, -0.25) is 0 Å². The van der Waals surface area contributed by atoms with Crippen LogP contribution in [0.1, 0.15) is 13.3 Å². The molecular formula is C18H35N3O10. The second-order valence-corrected chi connectivity index (χ2v) is 8.61. The molecule has 0 amide bonds. The molecule has 0 radical (unpaired) electrons. The highest BCUT2D eigenvalue weighted by atomic mass is 16.7. The maximum Gasteiger partial charge on any atom is 0.187 e. The number of rotatable bonds is 6. The highest BCUT2D eigenvalue weighted by Gasteiger charge is 2.52. The summed E-state index contributed by atoms with van der Waals surface area (Å²) in [5, 5.41) is 60.9. The SMILES string of the molecule is C[C@@H]1CC(N)[C@@H](O[C@H]2OC(CO)[C@@H](O)[C@H](O[C@@H]3O[C@H](CN)[C@H](O)C3O)C2N)[C@H](O)C1O. The molecule has 0 aromatic rings. The average molecular weight is 453 g/mol. The van der Waals surface area contributed by atoms with E-state index in [9.17, 15) is 30.6 Å². The van der Waals surface area contributed by atoms with Crippen molar-refractivity contribution in [2.45, 2.75) is 92.9 Å². The largest absolute Gasteiger partial charge is 0.394 e. The fraction of sp³-hybridized carbons (Fsp3) is 1.00. The summed E-state index contributed by atoms with van der Waals surface area (Å²) in [6, 6.07) is -1.78. The Morgan fingerprint density at radius 2 is 1.42 bits per heavy atom. The predicted octanol–water partition coefficient (Wildman–Crippen LogP) is -5.34. The maximum atomic E-state index is 10.6. The molecule has 3 aliphatic rings. The van der Waals surface area contributed by atoms with E-state index in [4.69, 9.17) is 36.1 Å². The van der Waals surface area contributed by atoms with Gasteiger partial charge in [0.15, 0.2) is 12.6 Å². The summed E-state index contributed by atoms with van der Waals surface area (Å²) in [6.45, 7) is 1.09. The Kier molecular flexibility index (Phi) is 8.24. The van der Waals surface area contributed by atoms with Gasteiger partial charge in [-0.05, 0) is 12.3 Å². The smallest absolute Gasteiger partial charge is 0.187 e. The normalized spacial score (nSPS) is 53.6. The fourth-order valence-electron chi connectivity index (χ4n) is 4.38. The quantitative estimate of drug-likeness (QED) is 0.183. The molecule has 0 bridgehead atoms. The predicted molar refractivity (Wildman–Crippen MR) is 103 cm³/mol. The third-order valence-corrected chi connectivity index (χ3v) is 6.37. The van der Waals surface area contributed by atoms with E-state index >= 15 is 0 Å². The van der Waals surface area contributed by atoms with E-state index in [2.05, 4.69) is 0 Å². The number of hydrogen-bond donors (Lipinski definition) is 9. The van der Waals surface area contributed by atoms with Gasteiger partial charge in [-0.15, -0.1) is 0 Å². The summed E-state index contributed by atoms with van der Waals surface area (Å²) >= 11 is 0. The summed E-state index contributed by atoms with van der Waals surface area (Å²) in [5.74, 6) is -0.239. The van der Waals surface area contributed by atoms with Gasteiger partial charge in [0.1, 0.15) is 48.8 Å². The molecule has 0 spiro atoms. The lowest BCUT2D eigenvalue weighted by Crippen LogP contribution is -2.67. The Morgan fingerprint density at radius 3 is 2.00 bits per heavy atom. The van der Waals surface area contributed by atoms with Crippen molar-refractivity contribution in [2.24, 2.45) is 23.1 Å². The van der Waals surface area contributed by atoms with Gasteiger partial charge in [-0.25, -0.2) is 0 Å². The van der Waals surface area contributed by atoms with Gasteiger partial charge in [0, 0.05) is 12.6 Å². The molecule has 12 N–H and O–H groups in total. The molecule has 3 rings (SSSR count). The Balaban J connectivity index is 1.74. The number of aliphatic hydroxyl groups excluding tert-OH is 6. The highest BCUT2D eigenvalue weighted by Crippen LogP contribution is 2.32. The maximum absolute atomic E-state index is 10.6. The molecule has 14 atom stereocenters. The van der Waals surface area contributed by atoms with E-state index in [1.54, 1.807) is 6.92 Å². The molecule has 1 saturated carbocycles. The van der Waals surface area contributed by atoms with Crippen LogP contribution < -0.4 is 17.2 Å². The molecule has 31 heavy (non-hydrogen) atoms. The summed E-state index contributed by atoms with van der Waals surface area (Å²) < 4.78 is 22.4. The van der Waals surface area contributed by atoms with Crippen molar-refractivity contribution in [3.63, 3.8) is 0 Å². The van der Waals surface area contributed by atoms with Crippen LogP contribution in [-0.2, 0) is 18.9 Å². The molecule has 182 valence electrons. The zero-order valence-corrected chi connectivity index (χ0v) is 17.3. The van der Waals surface area contributed by atoms with E-state index in [0.29, 0.717) is 6.42 Å². The van der Waals surface area contributed by atoms with Crippen molar-refractivity contribution in [3.05, 3.63) is 0 Å². The van der Waals surface area contributed by atoms with Crippen molar-refractivity contribution in [3.8, 4) is 0 Å². The van der Waals surface area contributed by atoms with Gasteiger partial charge in [0.05, 0.1) is 18.8 Å². The third kappa shape index (κ3) is 4.89. The molecule has 1 aliphatic carbocycles. The van der Waals surface area contributed by atoms with Crippen LogP contribution in [-0.4, -0.2) is 123 Å². The van der Waals surface area contributed by atoms with E-state index < -0.39 is 86.2 Å². The lowest BCUT2D eigenvalue weighted by Gasteiger charge is -2.47. The van der Waals surface area contributed by atoms with Crippen molar-refractivity contribution in [2.75, 3.05) is 13.2 Å². The minimum absolute atomic E-state index is 0.0658. The van der Waals surface area contributed by atoms with E-state index in [-0.39, 0.29) is 12.5 Å². The number of nitrogens with two attached hydrogens (primary N) is 3. The molecule has 13 heteroatoms. The minimum Gasteiger partial charge on any atom is -0.394 e. The molecule has 2 heterocycles. The third-order valence-electron chi connectivity index (χ3n) is 6.37. The fourth-order valence-corrected chi connectivity index (χ4v) is 4.38. The van der Waals surface area contributed by atoms with E-state index in [1.807, 2.05) is 0 Å². The monoisotopic (exact) mass is 453 g/mol.